The minimum absolute atomic E-state index is 0.208. The lowest BCUT2D eigenvalue weighted by Crippen LogP contribution is -2.25. The summed E-state index contributed by atoms with van der Waals surface area (Å²) in [6, 6.07) is 9.02. The van der Waals surface area contributed by atoms with E-state index in [9.17, 15) is 9.18 Å². The van der Waals surface area contributed by atoms with Gasteiger partial charge in [-0.05, 0) is 42.8 Å². The Hall–Kier alpha value is -2.63. The van der Waals surface area contributed by atoms with Crippen molar-refractivity contribution < 1.29 is 9.18 Å². The van der Waals surface area contributed by atoms with Gasteiger partial charge in [0.15, 0.2) is 0 Å². The molecule has 0 aliphatic rings. The highest BCUT2D eigenvalue weighted by Gasteiger charge is 2.04. The number of carbonyl (C=O) groups is 1. The van der Waals surface area contributed by atoms with Crippen molar-refractivity contribution in [2.45, 2.75) is 6.42 Å². The average molecular weight is 288 g/mol. The van der Waals surface area contributed by atoms with Crippen LogP contribution in [-0.2, 0) is 0 Å². The summed E-state index contributed by atoms with van der Waals surface area (Å²) in [5.74, 6) is 0.182. The molecule has 110 valence electrons. The average Bonchev–Trinajstić information content (AvgIpc) is 2.49. The van der Waals surface area contributed by atoms with Crippen LogP contribution in [0.3, 0.4) is 0 Å². The number of halogens is 1. The molecule has 0 aliphatic carbocycles. The van der Waals surface area contributed by atoms with Crippen LogP contribution in [-0.4, -0.2) is 24.0 Å². The smallest absolute Gasteiger partial charge is 0.251 e. The molecule has 2 aromatic rings. The molecule has 0 unspecified atom stereocenters. The first-order chi connectivity index (χ1) is 10.1. The fourth-order valence-corrected chi connectivity index (χ4v) is 1.72. The second-order valence-electron chi connectivity index (χ2n) is 4.52. The first-order valence-electron chi connectivity index (χ1n) is 6.64. The third-order valence-corrected chi connectivity index (χ3v) is 2.84. The fourth-order valence-electron chi connectivity index (χ4n) is 1.72. The van der Waals surface area contributed by atoms with Gasteiger partial charge in [-0.3, -0.25) is 4.79 Å². The summed E-state index contributed by atoms with van der Waals surface area (Å²) in [4.78, 5) is 15.9. The molecule has 0 aliphatic heterocycles. The SMILES string of the molecule is Nc1ccc(NCCCNC(=O)c2ccc(F)cc2)nc1. The zero-order valence-electron chi connectivity index (χ0n) is 11.5. The molecule has 6 heteroatoms. The Balaban J connectivity index is 1.66. The molecule has 0 saturated heterocycles. The highest BCUT2D eigenvalue weighted by molar-refractivity contribution is 5.94. The van der Waals surface area contributed by atoms with E-state index >= 15 is 0 Å². The normalized spacial score (nSPS) is 10.1. The van der Waals surface area contributed by atoms with Crippen LogP contribution in [0.15, 0.2) is 42.6 Å². The Kier molecular flexibility index (Phi) is 5.09. The Morgan fingerprint density at radius 3 is 2.57 bits per heavy atom. The van der Waals surface area contributed by atoms with Crippen molar-refractivity contribution in [1.29, 1.82) is 0 Å². The van der Waals surface area contributed by atoms with E-state index in [0.717, 1.165) is 12.2 Å². The molecule has 0 spiro atoms. The summed E-state index contributed by atoms with van der Waals surface area (Å²) >= 11 is 0. The summed E-state index contributed by atoms with van der Waals surface area (Å²) < 4.78 is 12.7. The lowest BCUT2D eigenvalue weighted by molar-refractivity contribution is 0.0953. The molecule has 5 nitrogen and oxygen atoms in total. The molecule has 0 fully saturated rings. The van der Waals surface area contributed by atoms with E-state index in [2.05, 4.69) is 15.6 Å². The molecular formula is C15H17FN4O. The lowest BCUT2D eigenvalue weighted by Gasteiger charge is -2.07. The zero-order valence-corrected chi connectivity index (χ0v) is 11.5. The number of nitrogens with zero attached hydrogens (tertiary/aromatic N) is 1. The molecule has 1 aromatic heterocycles. The van der Waals surface area contributed by atoms with Crippen molar-refractivity contribution >= 4 is 17.4 Å². The maximum absolute atomic E-state index is 12.7. The van der Waals surface area contributed by atoms with Crippen LogP contribution in [0.1, 0.15) is 16.8 Å². The van der Waals surface area contributed by atoms with Crippen LogP contribution >= 0.6 is 0 Å². The van der Waals surface area contributed by atoms with Crippen LogP contribution in [0.5, 0.6) is 0 Å². The van der Waals surface area contributed by atoms with Gasteiger partial charge in [0.1, 0.15) is 11.6 Å². The van der Waals surface area contributed by atoms with Gasteiger partial charge in [-0.15, -0.1) is 0 Å². The van der Waals surface area contributed by atoms with Crippen LogP contribution in [0.2, 0.25) is 0 Å². The zero-order chi connectivity index (χ0) is 15.1. The van der Waals surface area contributed by atoms with Crippen molar-refractivity contribution in [3.63, 3.8) is 0 Å². The molecule has 0 bridgehead atoms. The quantitative estimate of drug-likeness (QED) is 0.711. The number of carbonyl (C=O) groups excluding carboxylic acids is 1. The fraction of sp³-hybridized carbons (Fsp3) is 0.200. The summed E-state index contributed by atoms with van der Waals surface area (Å²) in [6.07, 6.45) is 2.33. The van der Waals surface area contributed by atoms with Gasteiger partial charge < -0.3 is 16.4 Å². The highest BCUT2D eigenvalue weighted by atomic mass is 19.1. The molecule has 1 heterocycles. The van der Waals surface area contributed by atoms with E-state index in [0.29, 0.717) is 24.3 Å². The first kappa shape index (κ1) is 14.8. The van der Waals surface area contributed by atoms with E-state index in [1.54, 1.807) is 18.3 Å². The van der Waals surface area contributed by atoms with Gasteiger partial charge in [-0.2, -0.15) is 0 Å². The van der Waals surface area contributed by atoms with Gasteiger partial charge >= 0.3 is 0 Å². The number of benzene rings is 1. The largest absolute Gasteiger partial charge is 0.397 e. The topological polar surface area (TPSA) is 80.0 Å². The number of nitrogens with two attached hydrogens (primary N) is 1. The van der Waals surface area contributed by atoms with Gasteiger partial charge in [0.2, 0.25) is 0 Å². The predicted octanol–water partition coefficient (Wildman–Crippen LogP) is 2.03. The standard InChI is InChI=1S/C15H17FN4O/c16-12-4-2-11(3-5-12)15(21)19-9-1-8-18-14-7-6-13(17)10-20-14/h2-7,10H,1,8-9,17H2,(H,18,20)(H,19,21). The molecule has 1 aromatic carbocycles. The van der Waals surface area contributed by atoms with Crippen molar-refractivity contribution in [2.24, 2.45) is 0 Å². The van der Waals surface area contributed by atoms with Gasteiger partial charge in [0, 0.05) is 18.7 Å². The Bertz CT molecular complexity index is 584. The minimum atomic E-state index is -0.355. The van der Waals surface area contributed by atoms with Crippen molar-refractivity contribution in [1.82, 2.24) is 10.3 Å². The molecule has 0 saturated carbocycles. The summed E-state index contributed by atoms with van der Waals surface area (Å²) in [5, 5.41) is 5.90. The van der Waals surface area contributed by atoms with Crippen LogP contribution in [0.25, 0.3) is 0 Å². The van der Waals surface area contributed by atoms with E-state index in [-0.39, 0.29) is 11.7 Å². The predicted molar refractivity (Wildman–Crippen MR) is 80.5 cm³/mol. The van der Waals surface area contributed by atoms with Gasteiger partial charge in [0.25, 0.3) is 5.91 Å². The Morgan fingerprint density at radius 2 is 1.90 bits per heavy atom. The van der Waals surface area contributed by atoms with Crippen molar-refractivity contribution in [3.8, 4) is 0 Å². The van der Waals surface area contributed by atoms with Gasteiger partial charge in [-0.1, -0.05) is 0 Å². The minimum Gasteiger partial charge on any atom is -0.397 e. The number of rotatable bonds is 6. The second-order valence-corrected chi connectivity index (χ2v) is 4.52. The van der Waals surface area contributed by atoms with Crippen LogP contribution < -0.4 is 16.4 Å². The Morgan fingerprint density at radius 1 is 1.14 bits per heavy atom. The molecule has 4 N–H and O–H groups in total. The maximum atomic E-state index is 12.7. The van der Waals surface area contributed by atoms with Crippen molar-refractivity contribution in [2.75, 3.05) is 24.1 Å². The molecule has 2 rings (SSSR count). The van der Waals surface area contributed by atoms with Gasteiger partial charge in [0.05, 0.1) is 11.9 Å². The summed E-state index contributed by atoms with van der Waals surface area (Å²) in [6.45, 7) is 1.21. The molecule has 0 radical (unpaired) electrons. The second kappa shape index (κ2) is 7.23. The van der Waals surface area contributed by atoms with Gasteiger partial charge in [-0.25, -0.2) is 9.37 Å². The van der Waals surface area contributed by atoms with Crippen LogP contribution in [0, 0.1) is 5.82 Å². The molecule has 21 heavy (non-hydrogen) atoms. The number of pyridine rings is 1. The number of amides is 1. The summed E-state index contributed by atoms with van der Waals surface area (Å²) in [7, 11) is 0. The number of hydrogen-bond donors (Lipinski definition) is 3. The Labute approximate surface area is 122 Å². The third-order valence-electron chi connectivity index (χ3n) is 2.84. The maximum Gasteiger partial charge on any atom is 0.251 e. The summed E-state index contributed by atoms with van der Waals surface area (Å²) in [5.41, 5.74) is 6.61. The van der Waals surface area contributed by atoms with E-state index in [1.807, 2.05) is 0 Å². The van der Waals surface area contributed by atoms with E-state index in [4.69, 9.17) is 5.73 Å². The number of nitrogens with one attached hydrogen (secondary N) is 2. The van der Waals surface area contributed by atoms with E-state index < -0.39 is 0 Å². The molecule has 1 amide bonds. The number of aromatic nitrogens is 1. The van der Waals surface area contributed by atoms with E-state index in [1.165, 1.54) is 24.3 Å². The lowest BCUT2D eigenvalue weighted by atomic mass is 10.2. The van der Waals surface area contributed by atoms with Crippen LogP contribution in [0.4, 0.5) is 15.9 Å². The highest BCUT2D eigenvalue weighted by Crippen LogP contribution is 2.05. The number of nitrogen functional groups attached to an aromatic ring is 1. The monoisotopic (exact) mass is 288 g/mol. The first-order valence-corrected chi connectivity index (χ1v) is 6.64. The van der Waals surface area contributed by atoms with Crippen molar-refractivity contribution in [3.05, 3.63) is 54.0 Å². The number of anilines is 2. The number of hydrogen-bond acceptors (Lipinski definition) is 4. The third kappa shape index (κ3) is 4.76. The molecular weight excluding hydrogens is 271 g/mol. The molecule has 0 atom stereocenters.